The molecule has 2 saturated heterocycles. The lowest BCUT2D eigenvalue weighted by atomic mass is 9.70. The van der Waals surface area contributed by atoms with Gasteiger partial charge in [0.25, 0.3) is 0 Å². The summed E-state index contributed by atoms with van der Waals surface area (Å²) in [6.45, 7) is 28.9. The van der Waals surface area contributed by atoms with Crippen molar-refractivity contribution in [2.45, 2.75) is 104 Å². The van der Waals surface area contributed by atoms with Crippen LogP contribution in [0.5, 0.6) is 0 Å². The van der Waals surface area contributed by atoms with Crippen molar-refractivity contribution in [2.24, 2.45) is 5.92 Å². The fourth-order valence-electron chi connectivity index (χ4n) is 8.99. The average molecular weight is 798 g/mol. The van der Waals surface area contributed by atoms with E-state index in [1.807, 2.05) is 40.1 Å². The highest BCUT2D eigenvalue weighted by atomic mass is 15.3. The molecule has 2 atom stereocenters. The quantitative estimate of drug-likeness (QED) is 0.133. The number of piperazine rings is 1. The van der Waals surface area contributed by atoms with Gasteiger partial charge in [-0.25, -0.2) is 0 Å². The third-order valence-corrected chi connectivity index (χ3v) is 12.4. The first-order valence-corrected chi connectivity index (χ1v) is 22.9. The number of fused-ring (bicyclic) bond motifs is 1. The van der Waals surface area contributed by atoms with Gasteiger partial charge >= 0.3 is 0 Å². The topological polar surface area (TPSA) is 33.8 Å². The monoisotopic (exact) mass is 798 g/mol. The van der Waals surface area contributed by atoms with Crippen molar-refractivity contribution in [3.05, 3.63) is 150 Å². The van der Waals surface area contributed by atoms with E-state index in [0.717, 1.165) is 56.9 Å². The molecule has 0 aromatic heterocycles. The molecule has 5 heteroatoms. The van der Waals surface area contributed by atoms with Crippen LogP contribution < -0.4 is 20.4 Å². The molecule has 4 aliphatic rings. The fourth-order valence-corrected chi connectivity index (χ4v) is 8.99. The van der Waals surface area contributed by atoms with Crippen LogP contribution in [0.3, 0.4) is 0 Å². The number of hydrogen-bond donors (Lipinski definition) is 2. The largest absolute Gasteiger partial charge is 0.381 e. The Hall–Kier alpha value is -4.32. The van der Waals surface area contributed by atoms with Crippen molar-refractivity contribution in [3.63, 3.8) is 0 Å². The Bertz CT molecular complexity index is 1730. The molecule has 0 amide bonds. The first-order valence-electron chi connectivity index (χ1n) is 22.9. The summed E-state index contributed by atoms with van der Waals surface area (Å²) in [6.07, 6.45) is 19.5. The third kappa shape index (κ3) is 14.1. The SMILES string of the molecule is C=C1NCc2cc(N3CCN(CC4CCN(c5ccc(C6C(CC/C(C)=C\C)=CCCC6c6ccccc6)cc5)CC4)CC3)ccc21.C=CCCCC=C.CC.CNC. The Morgan fingerprint density at radius 2 is 1.42 bits per heavy atom. The standard InChI is InChI=1S/C43H54N4.C7H12.C2H7N.C2H6/c1-4-32(2)13-14-36-11-8-12-42(35-9-6-5-7-10-35)43(36)37-15-17-39(18-16-37)46-23-21-34(22-24-46)31-45-25-27-47(28-26-45)40-19-20-41-33(3)44-30-38(41)29-40;1-3-5-7-6-4-2;1-3-2;1-2/h4-7,9-11,15-20,29,34,42-44H,3,8,12-14,21-28,30-31H2,1-2H3;3-4H,1-2,5-7H2;3H,1-2H3;1-2H3/b32-4-;;;. The van der Waals surface area contributed by atoms with E-state index in [0.29, 0.717) is 11.8 Å². The van der Waals surface area contributed by atoms with E-state index in [2.05, 4.69) is 144 Å². The number of rotatable bonds is 13. The Morgan fingerprint density at radius 1 is 0.797 bits per heavy atom. The van der Waals surface area contributed by atoms with Crippen molar-refractivity contribution in [3.8, 4) is 0 Å². The summed E-state index contributed by atoms with van der Waals surface area (Å²) in [5.74, 6) is 1.82. The van der Waals surface area contributed by atoms with Gasteiger partial charge in [0.15, 0.2) is 0 Å². The molecule has 3 aromatic carbocycles. The lowest BCUT2D eigenvalue weighted by molar-refractivity contribution is 0.201. The van der Waals surface area contributed by atoms with Gasteiger partial charge < -0.3 is 20.4 Å². The second-order valence-electron chi connectivity index (χ2n) is 16.5. The molecular weight excluding hydrogens is 719 g/mol. The van der Waals surface area contributed by atoms with Gasteiger partial charge in [0, 0.05) is 80.9 Å². The number of anilines is 2. The second-order valence-corrected chi connectivity index (χ2v) is 16.5. The lowest BCUT2D eigenvalue weighted by Gasteiger charge is -2.40. The Balaban J connectivity index is 0.000000569. The van der Waals surface area contributed by atoms with E-state index in [9.17, 15) is 0 Å². The minimum atomic E-state index is 0.468. The number of nitrogens with one attached hydrogen (secondary N) is 2. The number of hydrogen-bond acceptors (Lipinski definition) is 5. The lowest BCUT2D eigenvalue weighted by Crippen LogP contribution is -2.49. The molecule has 7 rings (SSSR count). The Labute approximate surface area is 361 Å². The number of unbranched alkanes of at least 4 members (excludes halogenated alkanes) is 2. The minimum absolute atomic E-state index is 0.468. The number of allylic oxidation sites excluding steroid dienone is 6. The Morgan fingerprint density at radius 3 is 2.05 bits per heavy atom. The van der Waals surface area contributed by atoms with E-state index < -0.39 is 0 Å². The van der Waals surface area contributed by atoms with Gasteiger partial charge in [-0.1, -0.05) is 104 Å². The van der Waals surface area contributed by atoms with Crippen molar-refractivity contribution in [2.75, 3.05) is 69.7 Å². The zero-order chi connectivity index (χ0) is 42.4. The summed E-state index contributed by atoms with van der Waals surface area (Å²) in [5, 5.41) is 6.14. The molecule has 3 aliphatic heterocycles. The highest BCUT2D eigenvalue weighted by Gasteiger charge is 2.31. The smallest absolute Gasteiger partial charge is 0.0408 e. The molecular formula is C54H79N5. The number of nitrogens with zero attached hydrogens (tertiary/aromatic N) is 3. The van der Waals surface area contributed by atoms with Crippen LogP contribution in [0, 0.1) is 5.92 Å². The average Bonchev–Trinajstić information content (AvgIpc) is 3.67. The van der Waals surface area contributed by atoms with Gasteiger partial charge in [-0.2, -0.15) is 0 Å². The third-order valence-electron chi connectivity index (χ3n) is 12.4. The highest BCUT2D eigenvalue weighted by molar-refractivity contribution is 5.71. The molecule has 320 valence electrons. The predicted molar refractivity (Wildman–Crippen MR) is 261 cm³/mol. The molecule has 2 N–H and O–H groups in total. The normalized spacial score (nSPS) is 19.4. The van der Waals surface area contributed by atoms with Crippen LogP contribution in [-0.4, -0.2) is 64.8 Å². The van der Waals surface area contributed by atoms with Gasteiger partial charge in [-0.05, 0) is 139 Å². The van der Waals surface area contributed by atoms with Crippen LogP contribution in [-0.2, 0) is 6.54 Å². The van der Waals surface area contributed by atoms with E-state index in [4.69, 9.17) is 0 Å². The van der Waals surface area contributed by atoms with Gasteiger partial charge in [0.05, 0.1) is 0 Å². The van der Waals surface area contributed by atoms with E-state index in [1.54, 1.807) is 5.57 Å². The molecule has 0 radical (unpaired) electrons. The van der Waals surface area contributed by atoms with Gasteiger partial charge in [-0.3, -0.25) is 4.90 Å². The van der Waals surface area contributed by atoms with E-state index >= 15 is 0 Å². The molecule has 0 bridgehead atoms. The van der Waals surface area contributed by atoms with E-state index in [1.165, 1.54) is 104 Å². The molecule has 59 heavy (non-hydrogen) atoms. The molecule has 0 saturated carbocycles. The molecule has 1 aliphatic carbocycles. The summed E-state index contributed by atoms with van der Waals surface area (Å²) in [7, 11) is 3.75. The number of piperidine rings is 1. The van der Waals surface area contributed by atoms with Gasteiger partial charge in [0.2, 0.25) is 0 Å². The summed E-state index contributed by atoms with van der Waals surface area (Å²) in [4.78, 5) is 7.93. The van der Waals surface area contributed by atoms with E-state index in [-0.39, 0.29) is 0 Å². The Kier molecular flexibility index (Phi) is 20.9. The predicted octanol–water partition coefficient (Wildman–Crippen LogP) is 12.5. The number of benzene rings is 3. The summed E-state index contributed by atoms with van der Waals surface area (Å²) < 4.78 is 0. The maximum absolute atomic E-state index is 4.13. The molecule has 2 unspecified atom stereocenters. The first-order chi connectivity index (χ1) is 28.9. The van der Waals surface area contributed by atoms with Gasteiger partial charge in [-0.15, -0.1) is 13.2 Å². The molecule has 5 nitrogen and oxygen atoms in total. The highest BCUT2D eigenvalue weighted by Crippen LogP contribution is 2.47. The van der Waals surface area contributed by atoms with Crippen LogP contribution in [0.15, 0.2) is 128 Å². The summed E-state index contributed by atoms with van der Waals surface area (Å²) in [5.41, 5.74) is 12.6. The van der Waals surface area contributed by atoms with Crippen molar-refractivity contribution >= 4 is 17.1 Å². The fraction of sp³-hybridized carbons (Fsp3) is 0.481. The molecule has 2 fully saturated rings. The molecule has 3 heterocycles. The van der Waals surface area contributed by atoms with Crippen LogP contribution in [0.1, 0.15) is 120 Å². The molecule has 3 aromatic rings. The van der Waals surface area contributed by atoms with Crippen LogP contribution in [0.4, 0.5) is 11.4 Å². The van der Waals surface area contributed by atoms with Crippen LogP contribution in [0.25, 0.3) is 5.70 Å². The van der Waals surface area contributed by atoms with Gasteiger partial charge in [0.1, 0.15) is 0 Å². The van der Waals surface area contributed by atoms with Crippen molar-refractivity contribution in [1.29, 1.82) is 0 Å². The second kappa shape index (κ2) is 26.0. The van der Waals surface area contributed by atoms with Crippen LogP contribution in [0.2, 0.25) is 0 Å². The molecule has 0 spiro atoms. The minimum Gasteiger partial charge on any atom is -0.381 e. The summed E-state index contributed by atoms with van der Waals surface area (Å²) >= 11 is 0. The summed E-state index contributed by atoms with van der Waals surface area (Å²) in [6, 6.07) is 27.9. The van der Waals surface area contributed by atoms with Crippen molar-refractivity contribution < 1.29 is 0 Å². The van der Waals surface area contributed by atoms with Crippen LogP contribution >= 0.6 is 0 Å². The zero-order valence-corrected chi connectivity index (χ0v) is 38.0. The maximum atomic E-state index is 4.13. The van der Waals surface area contributed by atoms with Crippen molar-refractivity contribution in [1.82, 2.24) is 15.5 Å². The zero-order valence-electron chi connectivity index (χ0n) is 38.0. The maximum Gasteiger partial charge on any atom is 0.0408 e. The first kappa shape index (κ1) is 47.4.